The second-order valence-electron chi connectivity index (χ2n) is 7.37. The van der Waals surface area contributed by atoms with Crippen LogP contribution in [0.2, 0.25) is 5.02 Å². The van der Waals surface area contributed by atoms with Crippen LogP contribution in [0.25, 0.3) is 0 Å². The van der Waals surface area contributed by atoms with Gasteiger partial charge in [-0.15, -0.1) is 11.8 Å². The van der Waals surface area contributed by atoms with Crippen LogP contribution in [0.15, 0.2) is 53.4 Å². The maximum absolute atomic E-state index is 13.1. The number of nitrogens with zero attached hydrogens (tertiary/aromatic N) is 3. The number of benzene rings is 2. The number of amides is 2. The number of carbonyl (C=O) groups excluding carboxylic acids is 2. The Morgan fingerprint density at radius 2 is 1.83 bits per heavy atom. The average molecular weight is 430 g/mol. The molecule has 0 spiro atoms. The number of rotatable bonds is 4. The minimum atomic E-state index is -0.271. The van der Waals surface area contributed by atoms with E-state index in [1.807, 2.05) is 59.7 Å². The summed E-state index contributed by atoms with van der Waals surface area (Å²) in [6.45, 7) is 3.25. The molecule has 2 aromatic carbocycles. The summed E-state index contributed by atoms with van der Waals surface area (Å²) in [7, 11) is 0. The summed E-state index contributed by atoms with van der Waals surface area (Å²) in [6.07, 6.45) is 2.30. The molecular weight excluding hydrogens is 406 g/mol. The van der Waals surface area contributed by atoms with Gasteiger partial charge in [0.1, 0.15) is 0 Å². The van der Waals surface area contributed by atoms with Gasteiger partial charge in [-0.25, -0.2) is 0 Å². The van der Waals surface area contributed by atoms with Crippen LogP contribution in [0.5, 0.6) is 0 Å². The molecule has 152 valence electrons. The zero-order valence-corrected chi connectivity index (χ0v) is 18.0. The molecule has 0 unspecified atom stereocenters. The third-order valence-corrected chi connectivity index (χ3v) is 6.67. The molecule has 4 rings (SSSR count). The minimum Gasteiger partial charge on any atom is -0.367 e. The Bertz CT molecular complexity index is 914. The van der Waals surface area contributed by atoms with Gasteiger partial charge >= 0.3 is 0 Å². The van der Waals surface area contributed by atoms with E-state index < -0.39 is 0 Å². The molecule has 29 heavy (non-hydrogen) atoms. The van der Waals surface area contributed by atoms with Crippen molar-refractivity contribution in [3.05, 3.63) is 53.6 Å². The van der Waals surface area contributed by atoms with Crippen LogP contribution in [0.3, 0.4) is 0 Å². The summed E-state index contributed by atoms with van der Waals surface area (Å²) in [5.41, 5.74) is 1.89. The lowest BCUT2D eigenvalue weighted by atomic mass is 10.1. The van der Waals surface area contributed by atoms with Crippen LogP contribution in [0.1, 0.15) is 6.42 Å². The summed E-state index contributed by atoms with van der Waals surface area (Å²) in [6, 6.07) is 15.7. The fourth-order valence-corrected chi connectivity index (χ4v) is 4.74. The van der Waals surface area contributed by atoms with Crippen LogP contribution < -0.4 is 9.80 Å². The van der Waals surface area contributed by atoms with Gasteiger partial charge in [-0.1, -0.05) is 29.8 Å². The molecule has 2 aromatic rings. The van der Waals surface area contributed by atoms with Crippen molar-refractivity contribution in [2.45, 2.75) is 11.3 Å². The molecule has 0 bridgehead atoms. The minimum absolute atomic E-state index is 0.0244. The van der Waals surface area contributed by atoms with Crippen molar-refractivity contribution in [1.29, 1.82) is 0 Å². The first-order valence-electron chi connectivity index (χ1n) is 9.79. The molecule has 0 N–H and O–H groups in total. The first-order chi connectivity index (χ1) is 14.1. The van der Waals surface area contributed by atoms with Gasteiger partial charge in [0.25, 0.3) is 0 Å². The number of piperazine rings is 1. The molecule has 0 saturated carbocycles. The number of carbonyl (C=O) groups is 2. The predicted octanol–water partition coefficient (Wildman–Crippen LogP) is 3.76. The van der Waals surface area contributed by atoms with Crippen LogP contribution in [-0.2, 0) is 9.59 Å². The van der Waals surface area contributed by atoms with E-state index in [-0.39, 0.29) is 24.2 Å². The van der Waals surface area contributed by atoms with Crippen molar-refractivity contribution in [3.8, 4) is 0 Å². The molecule has 2 aliphatic heterocycles. The summed E-state index contributed by atoms with van der Waals surface area (Å²) < 4.78 is 0. The van der Waals surface area contributed by atoms with E-state index in [9.17, 15) is 9.59 Å². The van der Waals surface area contributed by atoms with Crippen LogP contribution in [0, 0.1) is 5.92 Å². The molecule has 0 aromatic heterocycles. The van der Waals surface area contributed by atoms with Gasteiger partial charge in [0.2, 0.25) is 11.8 Å². The average Bonchev–Trinajstić information content (AvgIpc) is 3.15. The van der Waals surface area contributed by atoms with Crippen molar-refractivity contribution in [2.75, 3.05) is 48.8 Å². The van der Waals surface area contributed by atoms with Gasteiger partial charge in [0, 0.05) is 49.7 Å². The standard InChI is InChI=1S/C22H24ClN3O2S/c1-29-18-6-4-5-17(14-18)26-15-16(13-21(26)27)22(28)25-11-9-24(10-12-25)20-8-3-2-7-19(20)23/h2-8,14,16H,9-13,15H2,1H3/t16-/m0/s1. The van der Waals surface area contributed by atoms with E-state index >= 15 is 0 Å². The third-order valence-electron chi connectivity index (χ3n) is 5.62. The first-order valence-corrected chi connectivity index (χ1v) is 11.4. The number of anilines is 2. The number of para-hydroxylation sites is 1. The highest BCUT2D eigenvalue weighted by atomic mass is 35.5. The quantitative estimate of drug-likeness (QED) is 0.694. The molecule has 5 nitrogen and oxygen atoms in total. The molecule has 2 aliphatic rings. The monoisotopic (exact) mass is 429 g/mol. The summed E-state index contributed by atoms with van der Waals surface area (Å²) >= 11 is 7.95. The van der Waals surface area contributed by atoms with E-state index in [2.05, 4.69) is 4.90 Å². The zero-order valence-electron chi connectivity index (χ0n) is 16.4. The topological polar surface area (TPSA) is 43.9 Å². The molecule has 2 heterocycles. The Hall–Kier alpha value is -2.18. The van der Waals surface area contributed by atoms with Crippen LogP contribution in [0.4, 0.5) is 11.4 Å². The van der Waals surface area contributed by atoms with Gasteiger partial charge in [-0.05, 0) is 36.6 Å². The highest BCUT2D eigenvalue weighted by Crippen LogP contribution is 2.30. The fourth-order valence-electron chi connectivity index (χ4n) is 4.04. The molecule has 2 fully saturated rings. The molecular formula is C22H24ClN3O2S. The van der Waals surface area contributed by atoms with Crippen molar-refractivity contribution < 1.29 is 9.59 Å². The van der Waals surface area contributed by atoms with Gasteiger partial charge in [-0.3, -0.25) is 9.59 Å². The SMILES string of the molecule is CSc1cccc(N2C[C@@H](C(=O)N3CCN(c4ccccc4Cl)CC3)CC2=O)c1. The summed E-state index contributed by atoms with van der Waals surface area (Å²) in [5, 5.41) is 0.733. The second kappa shape index (κ2) is 8.67. The van der Waals surface area contributed by atoms with Gasteiger partial charge in [0.05, 0.1) is 16.6 Å². The van der Waals surface area contributed by atoms with Gasteiger partial charge < -0.3 is 14.7 Å². The maximum Gasteiger partial charge on any atom is 0.228 e. The highest BCUT2D eigenvalue weighted by Gasteiger charge is 2.38. The zero-order chi connectivity index (χ0) is 20.4. The third kappa shape index (κ3) is 4.23. The summed E-state index contributed by atoms with van der Waals surface area (Å²) in [5.74, 6) is -0.163. The lowest BCUT2D eigenvalue weighted by Crippen LogP contribution is -2.50. The Balaban J connectivity index is 1.38. The van der Waals surface area contributed by atoms with Crippen molar-refractivity contribution >= 4 is 46.6 Å². The lowest BCUT2D eigenvalue weighted by Gasteiger charge is -2.37. The second-order valence-corrected chi connectivity index (χ2v) is 8.66. The summed E-state index contributed by atoms with van der Waals surface area (Å²) in [4.78, 5) is 32.6. The van der Waals surface area contributed by atoms with Gasteiger partial charge in [0.15, 0.2) is 0 Å². The van der Waals surface area contributed by atoms with Crippen LogP contribution >= 0.6 is 23.4 Å². The smallest absolute Gasteiger partial charge is 0.228 e. The van der Waals surface area contributed by atoms with Crippen molar-refractivity contribution in [3.63, 3.8) is 0 Å². The molecule has 2 saturated heterocycles. The van der Waals surface area contributed by atoms with E-state index in [0.717, 1.165) is 34.4 Å². The molecule has 7 heteroatoms. The Morgan fingerprint density at radius 1 is 1.07 bits per heavy atom. The van der Waals surface area contributed by atoms with Crippen molar-refractivity contribution in [2.24, 2.45) is 5.92 Å². The highest BCUT2D eigenvalue weighted by molar-refractivity contribution is 7.98. The molecule has 1 atom stereocenters. The number of hydrogen-bond acceptors (Lipinski definition) is 4. The maximum atomic E-state index is 13.1. The largest absolute Gasteiger partial charge is 0.367 e. The van der Waals surface area contributed by atoms with E-state index in [4.69, 9.17) is 11.6 Å². The fraction of sp³-hybridized carbons (Fsp3) is 0.364. The molecule has 0 radical (unpaired) electrons. The van der Waals surface area contributed by atoms with E-state index in [0.29, 0.717) is 19.6 Å². The number of thioether (sulfide) groups is 1. The van der Waals surface area contributed by atoms with Crippen molar-refractivity contribution in [1.82, 2.24) is 4.90 Å². The number of halogens is 1. The molecule has 2 amide bonds. The molecule has 0 aliphatic carbocycles. The predicted molar refractivity (Wildman–Crippen MR) is 119 cm³/mol. The number of hydrogen-bond donors (Lipinski definition) is 0. The first kappa shape index (κ1) is 20.1. The van der Waals surface area contributed by atoms with Crippen LogP contribution in [-0.4, -0.2) is 55.7 Å². The Morgan fingerprint density at radius 3 is 2.55 bits per heavy atom. The normalized spacial score (nSPS) is 19.7. The van der Waals surface area contributed by atoms with Gasteiger partial charge in [-0.2, -0.15) is 0 Å². The lowest BCUT2D eigenvalue weighted by molar-refractivity contribution is -0.136. The Kier molecular flexibility index (Phi) is 6.01. The van der Waals surface area contributed by atoms with E-state index in [1.165, 1.54) is 0 Å². The Labute approximate surface area is 180 Å². The van der Waals surface area contributed by atoms with E-state index in [1.54, 1.807) is 16.7 Å².